The van der Waals surface area contributed by atoms with E-state index in [0.29, 0.717) is 13.2 Å². The Hall–Kier alpha value is -0.610. The van der Waals surface area contributed by atoms with E-state index in [-0.39, 0.29) is 18.2 Å². The maximum absolute atomic E-state index is 10.9. The molecule has 4 nitrogen and oxygen atoms in total. The molecule has 2 atom stereocenters. The van der Waals surface area contributed by atoms with Crippen LogP contribution in [0, 0.1) is 5.92 Å². The van der Waals surface area contributed by atoms with Crippen LogP contribution in [-0.4, -0.2) is 32.6 Å². The van der Waals surface area contributed by atoms with E-state index in [9.17, 15) is 4.79 Å². The fourth-order valence-corrected chi connectivity index (χ4v) is 0.832. The van der Waals surface area contributed by atoms with Gasteiger partial charge in [-0.2, -0.15) is 0 Å². The number of methoxy groups -OCH3 is 1. The molecule has 0 spiro atoms. The summed E-state index contributed by atoms with van der Waals surface area (Å²) in [5, 5.41) is 0. The van der Waals surface area contributed by atoms with E-state index in [4.69, 9.17) is 9.47 Å². The first kappa shape index (κ1) is 12.4. The lowest BCUT2D eigenvalue weighted by atomic mass is 10.2. The van der Waals surface area contributed by atoms with Crippen LogP contribution >= 0.6 is 0 Å². The molecule has 78 valence electrons. The SMILES string of the molecule is CCOC(C)OCC(C)C(=O)OC. The van der Waals surface area contributed by atoms with Gasteiger partial charge in [-0.3, -0.25) is 4.79 Å². The smallest absolute Gasteiger partial charge is 0.310 e. The lowest BCUT2D eigenvalue weighted by Gasteiger charge is -2.15. The molecule has 0 saturated heterocycles. The first-order valence-electron chi connectivity index (χ1n) is 4.42. The number of carbonyl (C=O) groups excluding carboxylic acids is 1. The standard InChI is InChI=1S/C9H18O4/c1-5-12-8(3)13-6-7(2)9(10)11-4/h7-8H,5-6H2,1-4H3. The summed E-state index contributed by atoms with van der Waals surface area (Å²) in [4.78, 5) is 10.9. The number of hydrogen-bond acceptors (Lipinski definition) is 4. The van der Waals surface area contributed by atoms with Crippen molar-refractivity contribution in [3.63, 3.8) is 0 Å². The lowest BCUT2D eigenvalue weighted by Crippen LogP contribution is -2.22. The fourth-order valence-electron chi connectivity index (χ4n) is 0.832. The molecule has 13 heavy (non-hydrogen) atoms. The Kier molecular flexibility index (Phi) is 6.54. The molecule has 0 aliphatic heterocycles. The molecule has 0 heterocycles. The number of rotatable bonds is 6. The molecule has 0 radical (unpaired) electrons. The van der Waals surface area contributed by atoms with Crippen LogP contribution in [0.3, 0.4) is 0 Å². The minimum Gasteiger partial charge on any atom is -0.469 e. The highest BCUT2D eigenvalue weighted by atomic mass is 16.7. The van der Waals surface area contributed by atoms with E-state index in [2.05, 4.69) is 4.74 Å². The summed E-state index contributed by atoms with van der Waals surface area (Å²) in [5.74, 6) is -0.503. The summed E-state index contributed by atoms with van der Waals surface area (Å²) in [6.45, 7) is 6.38. The monoisotopic (exact) mass is 190 g/mol. The average molecular weight is 190 g/mol. The zero-order chi connectivity index (χ0) is 10.3. The number of hydrogen-bond donors (Lipinski definition) is 0. The van der Waals surface area contributed by atoms with Gasteiger partial charge in [0.25, 0.3) is 0 Å². The van der Waals surface area contributed by atoms with Crippen molar-refractivity contribution < 1.29 is 19.0 Å². The van der Waals surface area contributed by atoms with Gasteiger partial charge in [0.2, 0.25) is 0 Å². The molecule has 0 aliphatic carbocycles. The summed E-state index contributed by atoms with van der Waals surface area (Å²) >= 11 is 0. The molecule has 0 amide bonds. The van der Waals surface area contributed by atoms with Crippen LogP contribution in [0.4, 0.5) is 0 Å². The Labute approximate surface area is 79.2 Å². The van der Waals surface area contributed by atoms with Gasteiger partial charge >= 0.3 is 5.97 Å². The Bertz CT molecular complexity index is 147. The van der Waals surface area contributed by atoms with Crippen LogP contribution in [0.25, 0.3) is 0 Å². The van der Waals surface area contributed by atoms with Crippen LogP contribution in [0.2, 0.25) is 0 Å². The maximum Gasteiger partial charge on any atom is 0.310 e. The first-order valence-corrected chi connectivity index (χ1v) is 4.42. The molecule has 0 aliphatic rings. The van der Waals surface area contributed by atoms with E-state index in [1.807, 2.05) is 6.92 Å². The minimum absolute atomic E-state index is 0.243. The third-order valence-corrected chi connectivity index (χ3v) is 1.59. The van der Waals surface area contributed by atoms with E-state index < -0.39 is 0 Å². The van der Waals surface area contributed by atoms with Gasteiger partial charge in [0.05, 0.1) is 19.6 Å². The Morgan fingerprint density at radius 1 is 1.31 bits per heavy atom. The zero-order valence-corrected chi connectivity index (χ0v) is 8.70. The second kappa shape index (κ2) is 6.86. The lowest BCUT2D eigenvalue weighted by molar-refractivity contribution is -0.158. The third-order valence-electron chi connectivity index (χ3n) is 1.59. The largest absolute Gasteiger partial charge is 0.469 e. The molecule has 0 bridgehead atoms. The molecule has 2 unspecified atom stereocenters. The summed E-state index contributed by atoms with van der Waals surface area (Å²) in [6, 6.07) is 0. The van der Waals surface area contributed by atoms with Gasteiger partial charge in [-0.1, -0.05) is 0 Å². The number of carbonyl (C=O) groups is 1. The second-order valence-corrected chi connectivity index (χ2v) is 2.78. The topological polar surface area (TPSA) is 44.8 Å². The normalized spacial score (nSPS) is 15.1. The molecule has 4 heteroatoms. The van der Waals surface area contributed by atoms with Crippen molar-refractivity contribution in [3.05, 3.63) is 0 Å². The fraction of sp³-hybridized carbons (Fsp3) is 0.889. The second-order valence-electron chi connectivity index (χ2n) is 2.78. The summed E-state index contributed by atoms with van der Waals surface area (Å²) in [7, 11) is 1.37. The Balaban J connectivity index is 3.56. The third kappa shape index (κ3) is 5.60. The van der Waals surface area contributed by atoms with E-state index in [0.717, 1.165) is 0 Å². The summed E-state index contributed by atoms with van der Waals surface area (Å²) in [5.41, 5.74) is 0. The van der Waals surface area contributed by atoms with Gasteiger partial charge < -0.3 is 14.2 Å². The predicted octanol–water partition coefficient (Wildman–Crippen LogP) is 1.19. The van der Waals surface area contributed by atoms with Gasteiger partial charge in [-0.15, -0.1) is 0 Å². The molecule has 0 aromatic rings. The molecule has 0 saturated carbocycles. The highest BCUT2D eigenvalue weighted by molar-refractivity contribution is 5.71. The van der Waals surface area contributed by atoms with E-state index >= 15 is 0 Å². The van der Waals surface area contributed by atoms with Crippen LogP contribution in [0.15, 0.2) is 0 Å². The Morgan fingerprint density at radius 2 is 1.92 bits per heavy atom. The zero-order valence-electron chi connectivity index (χ0n) is 8.70. The van der Waals surface area contributed by atoms with Gasteiger partial charge in [0.15, 0.2) is 6.29 Å². The van der Waals surface area contributed by atoms with Crippen molar-refractivity contribution in [2.24, 2.45) is 5.92 Å². The molecule has 0 aromatic heterocycles. The highest BCUT2D eigenvalue weighted by Gasteiger charge is 2.14. The Morgan fingerprint density at radius 3 is 2.38 bits per heavy atom. The quantitative estimate of drug-likeness (QED) is 0.466. The molecule has 0 N–H and O–H groups in total. The van der Waals surface area contributed by atoms with Gasteiger partial charge in [0.1, 0.15) is 0 Å². The molecule has 0 fully saturated rings. The molecule has 0 rings (SSSR count). The van der Waals surface area contributed by atoms with E-state index in [1.54, 1.807) is 13.8 Å². The predicted molar refractivity (Wildman–Crippen MR) is 48.2 cm³/mol. The van der Waals surface area contributed by atoms with E-state index in [1.165, 1.54) is 7.11 Å². The van der Waals surface area contributed by atoms with Gasteiger partial charge in [-0.05, 0) is 20.8 Å². The van der Waals surface area contributed by atoms with Crippen molar-refractivity contribution >= 4 is 5.97 Å². The van der Waals surface area contributed by atoms with Crippen LogP contribution in [0.5, 0.6) is 0 Å². The molecule has 0 aromatic carbocycles. The minimum atomic E-state index is -0.267. The first-order chi connectivity index (χ1) is 6.11. The maximum atomic E-state index is 10.9. The van der Waals surface area contributed by atoms with Crippen molar-refractivity contribution in [3.8, 4) is 0 Å². The van der Waals surface area contributed by atoms with Crippen LogP contribution < -0.4 is 0 Å². The van der Waals surface area contributed by atoms with Gasteiger partial charge in [-0.25, -0.2) is 0 Å². The highest BCUT2D eigenvalue weighted by Crippen LogP contribution is 2.02. The molecular weight excluding hydrogens is 172 g/mol. The van der Waals surface area contributed by atoms with Gasteiger partial charge in [0, 0.05) is 6.61 Å². The van der Waals surface area contributed by atoms with Crippen LogP contribution in [0.1, 0.15) is 20.8 Å². The van der Waals surface area contributed by atoms with Crippen molar-refractivity contribution in [1.82, 2.24) is 0 Å². The summed E-state index contributed by atoms with van der Waals surface area (Å²) < 4.78 is 14.9. The molecular formula is C9H18O4. The van der Waals surface area contributed by atoms with Crippen molar-refractivity contribution in [2.75, 3.05) is 20.3 Å². The van der Waals surface area contributed by atoms with Crippen molar-refractivity contribution in [2.45, 2.75) is 27.1 Å². The van der Waals surface area contributed by atoms with Crippen molar-refractivity contribution in [1.29, 1.82) is 0 Å². The summed E-state index contributed by atoms with van der Waals surface area (Å²) in [6.07, 6.45) is -0.267. The van der Waals surface area contributed by atoms with Crippen LogP contribution in [-0.2, 0) is 19.0 Å². The average Bonchev–Trinajstić information content (AvgIpc) is 2.13. The number of ether oxygens (including phenoxy) is 3. The number of esters is 1.